The number of hydrogen-bond acceptors (Lipinski definition) is 5. The molecule has 0 saturated carbocycles. The largest absolute Gasteiger partial charge is 0.240 e. The number of rotatable bonds is 4. The molecule has 0 aliphatic carbocycles. The summed E-state index contributed by atoms with van der Waals surface area (Å²) in [5.74, 6) is 0. The van der Waals surface area contributed by atoms with Crippen molar-refractivity contribution in [3.05, 3.63) is 29.8 Å². The molecule has 1 heterocycles. The Kier molecular flexibility index (Phi) is 4.87. The van der Waals surface area contributed by atoms with Crippen molar-refractivity contribution in [2.45, 2.75) is 23.8 Å². The highest BCUT2D eigenvalue weighted by molar-refractivity contribution is 7.89. The third-order valence-electron chi connectivity index (χ3n) is 3.45. The standard InChI is InChI=1S/C13H17N3O4S2/c1-21(17,18)16-7-3-5-12(10-16)15-22(19,20)13-6-2-4-11(8-13)9-14/h2,4,6,8,12,15H,3,5,7,10H2,1H3. The number of nitrogens with one attached hydrogen (secondary N) is 1. The van der Waals surface area contributed by atoms with Crippen LogP contribution >= 0.6 is 0 Å². The van der Waals surface area contributed by atoms with Crippen molar-refractivity contribution >= 4 is 20.0 Å². The molecule has 1 N–H and O–H groups in total. The number of piperidine rings is 1. The van der Waals surface area contributed by atoms with E-state index < -0.39 is 26.1 Å². The zero-order valence-corrected chi connectivity index (χ0v) is 13.7. The van der Waals surface area contributed by atoms with E-state index in [9.17, 15) is 16.8 Å². The molecule has 0 amide bonds. The van der Waals surface area contributed by atoms with E-state index in [2.05, 4.69) is 4.72 Å². The Morgan fingerprint density at radius 3 is 2.68 bits per heavy atom. The molecule has 1 fully saturated rings. The molecule has 120 valence electrons. The van der Waals surface area contributed by atoms with Gasteiger partial charge in [-0.1, -0.05) is 6.07 Å². The van der Waals surface area contributed by atoms with E-state index in [1.807, 2.05) is 6.07 Å². The lowest BCUT2D eigenvalue weighted by Gasteiger charge is -2.31. The predicted octanol–water partition coefficient (Wildman–Crippen LogP) is 0.261. The molecule has 22 heavy (non-hydrogen) atoms. The third kappa shape index (κ3) is 4.04. The van der Waals surface area contributed by atoms with Crippen LogP contribution in [0.1, 0.15) is 18.4 Å². The molecule has 1 aromatic carbocycles. The summed E-state index contributed by atoms with van der Waals surface area (Å²) in [7, 11) is -7.12. The predicted molar refractivity (Wildman–Crippen MR) is 80.9 cm³/mol. The maximum atomic E-state index is 12.3. The molecule has 0 aromatic heterocycles. The van der Waals surface area contributed by atoms with Gasteiger partial charge >= 0.3 is 0 Å². The Labute approximate surface area is 130 Å². The fourth-order valence-corrected chi connectivity index (χ4v) is 4.58. The van der Waals surface area contributed by atoms with Crippen LogP contribution in [0.15, 0.2) is 29.2 Å². The highest BCUT2D eigenvalue weighted by Crippen LogP contribution is 2.17. The zero-order chi connectivity index (χ0) is 16.4. The molecule has 1 saturated heterocycles. The van der Waals surface area contributed by atoms with Crippen molar-refractivity contribution in [2.75, 3.05) is 19.3 Å². The van der Waals surface area contributed by atoms with Gasteiger partial charge in [0, 0.05) is 19.1 Å². The van der Waals surface area contributed by atoms with Crippen LogP contribution in [0.5, 0.6) is 0 Å². The molecule has 1 aliphatic heterocycles. The topological polar surface area (TPSA) is 107 Å². The van der Waals surface area contributed by atoms with Crippen molar-refractivity contribution in [2.24, 2.45) is 0 Å². The monoisotopic (exact) mass is 343 g/mol. The summed E-state index contributed by atoms with van der Waals surface area (Å²) in [5, 5.41) is 8.83. The highest BCUT2D eigenvalue weighted by Gasteiger charge is 2.29. The maximum absolute atomic E-state index is 12.3. The Balaban J connectivity index is 2.16. The molecule has 1 aliphatic rings. The Bertz CT molecular complexity index is 797. The van der Waals surface area contributed by atoms with E-state index in [1.54, 1.807) is 0 Å². The second-order valence-electron chi connectivity index (χ2n) is 5.22. The summed E-state index contributed by atoms with van der Waals surface area (Å²) in [6.07, 6.45) is 2.28. The van der Waals surface area contributed by atoms with Crippen molar-refractivity contribution < 1.29 is 16.8 Å². The second-order valence-corrected chi connectivity index (χ2v) is 8.92. The van der Waals surface area contributed by atoms with Gasteiger partial charge in [-0.2, -0.15) is 5.26 Å². The van der Waals surface area contributed by atoms with E-state index in [0.717, 1.165) is 6.26 Å². The van der Waals surface area contributed by atoms with Crippen LogP contribution < -0.4 is 4.72 Å². The lowest BCUT2D eigenvalue weighted by molar-refractivity contribution is 0.305. The summed E-state index contributed by atoms with van der Waals surface area (Å²) in [6.45, 7) is 0.525. The second kappa shape index (κ2) is 6.34. The van der Waals surface area contributed by atoms with Gasteiger partial charge in [-0.3, -0.25) is 0 Å². The van der Waals surface area contributed by atoms with Gasteiger partial charge in [0.25, 0.3) is 0 Å². The first kappa shape index (κ1) is 16.9. The highest BCUT2D eigenvalue weighted by atomic mass is 32.2. The van der Waals surface area contributed by atoms with E-state index in [4.69, 9.17) is 5.26 Å². The minimum Gasteiger partial charge on any atom is -0.213 e. The van der Waals surface area contributed by atoms with Crippen molar-refractivity contribution in [1.29, 1.82) is 5.26 Å². The number of benzene rings is 1. The van der Waals surface area contributed by atoms with Crippen LogP contribution in [0.2, 0.25) is 0 Å². The van der Waals surface area contributed by atoms with Gasteiger partial charge in [0.05, 0.1) is 22.8 Å². The van der Waals surface area contributed by atoms with E-state index in [-0.39, 0.29) is 17.0 Å². The molecule has 2 rings (SSSR count). The molecule has 0 bridgehead atoms. The van der Waals surface area contributed by atoms with Crippen LogP contribution in [0.3, 0.4) is 0 Å². The third-order valence-corrected chi connectivity index (χ3v) is 6.24. The zero-order valence-electron chi connectivity index (χ0n) is 12.1. The Morgan fingerprint density at radius 1 is 1.32 bits per heavy atom. The minimum atomic E-state index is -3.78. The molecule has 9 heteroatoms. The van der Waals surface area contributed by atoms with Gasteiger partial charge in [0.15, 0.2) is 0 Å². The van der Waals surface area contributed by atoms with Gasteiger partial charge in [0.1, 0.15) is 0 Å². The summed E-state index contributed by atoms with van der Waals surface area (Å²) in [5.41, 5.74) is 0.254. The quantitative estimate of drug-likeness (QED) is 0.844. The lowest BCUT2D eigenvalue weighted by Crippen LogP contribution is -2.49. The van der Waals surface area contributed by atoms with Crippen LogP contribution in [0, 0.1) is 11.3 Å². The normalized spacial score (nSPS) is 20.5. The van der Waals surface area contributed by atoms with Crippen LogP contribution in [0.4, 0.5) is 0 Å². The minimum absolute atomic E-state index is 0.00280. The fraction of sp³-hybridized carbons (Fsp3) is 0.462. The molecule has 1 unspecified atom stereocenters. The van der Waals surface area contributed by atoms with Gasteiger partial charge in [0.2, 0.25) is 20.0 Å². The molecule has 0 spiro atoms. The van der Waals surface area contributed by atoms with Crippen molar-refractivity contribution in [3.63, 3.8) is 0 Å². The van der Waals surface area contributed by atoms with Gasteiger partial charge in [-0.25, -0.2) is 25.9 Å². The van der Waals surface area contributed by atoms with Gasteiger partial charge in [-0.05, 0) is 31.0 Å². The van der Waals surface area contributed by atoms with Crippen LogP contribution in [-0.4, -0.2) is 46.5 Å². The lowest BCUT2D eigenvalue weighted by atomic mass is 10.1. The first-order chi connectivity index (χ1) is 10.2. The van der Waals surface area contributed by atoms with Gasteiger partial charge < -0.3 is 0 Å². The average molecular weight is 343 g/mol. The molecule has 1 aromatic rings. The smallest absolute Gasteiger partial charge is 0.213 e. The molecule has 7 nitrogen and oxygen atoms in total. The first-order valence-electron chi connectivity index (χ1n) is 6.70. The van der Waals surface area contributed by atoms with Crippen LogP contribution in [0.25, 0.3) is 0 Å². The van der Waals surface area contributed by atoms with E-state index in [1.165, 1.54) is 28.6 Å². The number of hydrogen-bond donors (Lipinski definition) is 1. The number of sulfonamides is 2. The summed E-state index contributed by atoms with van der Waals surface area (Å²) in [4.78, 5) is 0.00280. The molecular weight excluding hydrogens is 326 g/mol. The Hall–Kier alpha value is -1.47. The van der Waals surface area contributed by atoms with Crippen molar-refractivity contribution in [1.82, 2.24) is 9.03 Å². The summed E-state index contributed by atoms with van der Waals surface area (Å²) < 4.78 is 51.6. The molecule has 0 radical (unpaired) electrons. The summed E-state index contributed by atoms with van der Waals surface area (Å²) >= 11 is 0. The Morgan fingerprint density at radius 2 is 2.05 bits per heavy atom. The van der Waals surface area contributed by atoms with E-state index in [0.29, 0.717) is 19.4 Å². The average Bonchev–Trinajstić information content (AvgIpc) is 2.46. The van der Waals surface area contributed by atoms with Gasteiger partial charge in [-0.15, -0.1) is 0 Å². The fourth-order valence-electron chi connectivity index (χ4n) is 2.36. The molecule has 1 atom stereocenters. The first-order valence-corrected chi connectivity index (χ1v) is 10.0. The van der Waals surface area contributed by atoms with E-state index >= 15 is 0 Å². The SMILES string of the molecule is CS(=O)(=O)N1CCCC(NS(=O)(=O)c2cccc(C#N)c2)C1. The number of nitrogens with zero attached hydrogens (tertiary/aromatic N) is 2. The number of nitriles is 1. The maximum Gasteiger partial charge on any atom is 0.240 e. The molecular formula is C13H17N3O4S2. The van der Waals surface area contributed by atoms with Crippen LogP contribution in [-0.2, 0) is 20.0 Å². The van der Waals surface area contributed by atoms with Crippen molar-refractivity contribution in [3.8, 4) is 6.07 Å². The summed E-state index contributed by atoms with van der Waals surface area (Å²) in [6, 6.07) is 7.13.